The summed E-state index contributed by atoms with van der Waals surface area (Å²) < 4.78 is 5.99. The summed E-state index contributed by atoms with van der Waals surface area (Å²) in [6, 6.07) is -0.0938. The highest BCUT2D eigenvalue weighted by atomic mass is 16.4. The van der Waals surface area contributed by atoms with Crippen molar-refractivity contribution < 1.29 is 14.0 Å². The number of carbonyl (C=O) groups is 2. The van der Waals surface area contributed by atoms with Crippen LogP contribution in [0.4, 0.5) is 0 Å². The minimum Gasteiger partial charge on any atom is -0.423 e. The van der Waals surface area contributed by atoms with Gasteiger partial charge in [0.25, 0.3) is 5.91 Å². The average Bonchev–Trinajstić information content (AvgIpc) is 3.40. The number of likely N-dealkylation sites (tertiary alicyclic amines) is 2. The first-order valence-corrected chi connectivity index (χ1v) is 11.1. The Morgan fingerprint density at radius 2 is 1.88 bits per heavy atom. The highest BCUT2D eigenvalue weighted by molar-refractivity contribution is 5.93. The summed E-state index contributed by atoms with van der Waals surface area (Å²) >= 11 is 0. The molecule has 4 rings (SSSR count). The van der Waals surface area contributed by atoms with Crippen LogP contribution in [0.2, 0.25) is 0 Å². The molecule has 1 spiro atoms. The van der Waals surface area contributed by atoms with E-state index in [0.717, 1.165) is 25.8 Å². The predicted molar refractivity (Wildman–Crippen MR) is 116 cm³/mol. The summed E-state index contributed by atoms with van der Waals surface area (Å²) in [5, 5.41) is 8.53. The largest absolute Gasteiger partial charge is 0.423 e. The van der Waals surface area contributed by atoms with Gasteiger partial charge in [0.05, 0.1) is 18.2 Å². The Morgan fingerprint density at radius 3 is 2.47 bits per heavy atom. The maximum atomic E-state index is 12.8. The van der Waals surface area contributed by atoms with Crippen molar-refractivity contribution in [1.82, 2.24) is 34.9 Å². The van der Waals surface area contributed by atoms with Gasteiger partial charge in [0.1, 0.15) is 6.33 Å². The Hall–Kier alpha value is -2.88. The summed E-state index contributed by atoms with van der Waals surface area (Å²) in [5.74, 6) is 1.36. The molecule has 2 aliphatic heterocycles. The zero-order valence-corrected chi connectivity index (χ0v) is 19.2. The summed E-state index contributed by atoms with van der Waals surface area (Å²) in [4.78, 5) is 38.9. The third-order valence-corrected chi connectivity index (χ3v) is 6.60. The van der Waals surface area contributed by atoms with Crippen LogP contribution in [0.1, 0.15) is 67.2 Å². The van der Waals surface area contributed by atoms with Gasteiger partial charge in [0, 0.05) is 52.0 Å². The lowest BCUT2D eigenvalue weighted by atomic mass is 9.76. The highest BCUT2D eigenvalue weighted by Gasteiger charge is 2.48. The molecule has 0 N–H and O–H groups in total. The molecule has 0 radical (unpaired) electrons. The number of rotatable bonds is 5. The van der Waals surface area contributed by atoms with Crippen LogP contribution in [0.3, 0.4) is 0 Å². The maximum Gasteiger partial charge on any atom is 0.256 e. The van der Waals surface area contributed by atoms with Crippen molar-refractivity contribution in [3.05, 3.63) is 36.1 Å². The molecule has 0 bridgehead atoms. The van der Waals surface area contributed by atoms with E-state index in [4.69, 9.17) is 4.42 Å². The van der Waals surface area contributed by atoms with Crippen LogP contribution in [0.25, 0.3) is 0 Å². The maximum absolute atomic E-state index is 12.8. The molecule has 2 amide bonds. The molecule has 4 heterocycles. The van der Waals surface area contributed by atoms with E-state index >= 15 is 0 Å². The first kappa shape index (κ1) is 22.3. The average molecular weight is 442 g/mol. The highest BCUT2D eigenvalue weighted by Crippen LogP contribution is 2.48. The Kier molecular flexibility index (Phi) is 6.23. The van der Waals surface area contributed by atoms with Gasteiger partial charge in [-0.15, -0.1) is 10.2 Å². The number of amides is 2. The molecule has 10 heteroatoms. The fourth-order valence-electron chi connectivity index (χ4n) is 4.62. The van der Waals surface area contributed by atoms with Crippen LogP contribution < -0.4 is 0 Å². The molecular weight excluding hydrogens is 410 g/mol. The molecule has 2 aliphatic rings. The number of hydrogen-bond acceptors (Lipinski definition) is 8. The van der Waals surface area contributed by atoms with E-state index in [1.807, 2.05) is 18.7 Å². The molecule has 32 heavy (non-hydrogen) atoms. The molecule has 0 aliphatic carbocycles. The lowest BCUT2D eigenvalue weighted by Gasteiger charge is -2.39. The molecule has 2 fully saturated rings. The fraction of sp³-hybridized carbons (Fsp3) is 0.636. The molecule has 0 aromatic carbocycles. The summed E-state index contributed by atoms with van der Waals surface area (Å²) in [6.07, 6.45) is 7.10. The van der Waals surface area contributed by atoms with Gasteiger partial charge in [0.2, 0.25) is 17.7 Å². The van der Waals surface area contributed by atoms with E-state index < -0.39 is 0 Å². The van der Waals surface area contributed by atoms with Crippen molar-refractivity contribution in [3.63, 3.8) is 0 Å². The Labute approximate surface area is 188 Å². The minimum atomic E-state index is -0.0938. The van der Waals surface area contributed by atoms with E-state index in [0.29, 0.717) is 37.0 Å². The predicted octanol–water partition coefficient (Wildman–Crippen LogP) is 1.74. The van der Waals surface area contributed by atoms with E-state index in [-0.39, 0.29) is 29.2 Å². The van der Waals surface area contributed by atoms with Crippen LogP contribution in [-0.4, -0.2) is 87.0 Å². The number of piperidine rings is 1. The van der Waals surface area contributed by atoms with Gasteiger partial charge in [-0.3, -0.25) is 14.5 Å². The first-order valence-electron chi connectivity index (χ1n) is 11.1. The van der Waals surface area contributed by atoms with Gasteiger partial charge in [-0.2, -0.15) is 0 Å². The lowest BCUT2D eigenvalue weighted by Crippen LogP contribution is -2.45. The van der Waals surface area contributed by atoms with E-state index in [1.54, 1.807) is 31.4 Å². The second-order valence-electron chi connectivity index (χ2n) is 9.47. The molecule has 1 unspecified atom stereocenters. The van der Waals surface area contributed by atoms with Gasteiger partial charge in [-0.25, -0.2) is 9.97 Å². The third kappa shape index (κ3) is 4.50. The van der Waals surface area contributed by atoms with Gasteiger partial charge < -0.3 is 14.2 Å². The molecule has 10 nitrogen and oxygen atoms in total. The second kappa shape index (κ2) is 8.93. The topological polar surface area (TPSA) is 109 Å². The normalized spacial score (nSPS) is 20.8. The molecule has 2 aromatic heterocycles. The van der Waals surface area contributed by atoms with Crippen LogP contribution in [0.15, 0.2) is 23.1 Å². The molecule has 2 aromatic rings. The van der Waals surface area contributed by atoms with Crippen molar-refractivity contribution in [2.45, 2.75) is 45.1 Å². The van der Waals surface area contributed by atoms with Crippen molar-refractivity contribution in [1.29, 1.82) is 0 Å². The fourth-order valence-corrected chi connectivity index (χ4v) is 4.62. The number of nitrogens with zero attached hydrogens (tertiary/aromatic N) is 7. The quantitative estimate of drug-likeness (QED) is 0.690. The zero-order chi connectivity index (χ0) is 22.9. The smallest absolute Gasteiger partial charge is 0.256 e. The Bertz CT molecular complexity index is 951. The van der Waals surface area contributed by atoms with Crippen LogP contribution >= 0.6 is 0 Å². The van der Waals surface area contributed by atoms with E-state index in [1.165, 1.54) is 6.33 Å². The first-order chi connectivity index (χ1) is 15.3. The van der Waals surface area contributed by atoms with Crippen molar-refractivity contribution in [2.75, 3.05) is 40.3 Å². The third-order valence-electron chi connectivity index (χ3n) is 6.60. The molecule has 2 saturated heterocycles. The number of hydrogen-bond donors (Lipinski definition) is 0. The molecule has 1 atom stereocenters. The van der Waals surface area contributed by atoms with Crippen molar-refractivity contribution >= 4 is 11.8 Å². The van der Waals surface area contributed by atoms with Gasteiger partial charge >= 0.3 is 0 Å². The van der Waals surface area contributed by atoms with Gasteiger partial charge in [-0.1, -0.05) is 13.8 Å². The standard InChI is InChI=1S/C22H31N7O3/c1-15(2)19-25-26-20(32-19)17-9-22(13-29(17)12-18(30)27(3)4)5-7-28(8-6-22)21(31)16-10-23-14-24-11-16/h10-11,14-15,17H,5-9,12-13H2,1-4H3. The number of likely N-dealkylation sites (N-methyl/N-ethyl adjacent to an activating group) is 1. The molecular formula is C22H31N7O3. The minimum absolute atomic E-state index is 0.00763. The second-order valence-corrected chi connectivity index (χ2v) is 9.47. The SMILES string of the molecule is CC(C)c1nnc(C2CC3(CCN(C(=O)c4cncnc4)CC3)CN2CC(=O)N(C)C)o1. The zero-order valence-electron chi connectivity index (χ0n) is 19.2. The van der Waals surface area contributed by atoms with Crippen molar-refractivity contribution in [2.24, 2.45) is 5.41 Å². The summed E-state index contributed by atoms with van der Waals surface area (Å²) in [5.41, 5.74) is 0.520. The monoisotopic (exact) mass is 441 g/mol. The van der Waals surface area contributed by atoms with Gasteiger partial charge in [-0.05, 0) is 24.7 Å². The van der Waals surface area contributed by atoms with Crippen LogP contribution in [0, 0.1) is 5.41 Å². The summed E-state index contributed by atoms with van der Waals surface area (Å²) in [6.45, 7) is 6.44. The number of aromatic nitrogens is 4. The number of carbonyl (C=O) groups excluding carboxylic acids is 2. The van der Waals surface area contributed by atoms with Crippen LogP contribution in [0.5, 0.6) is 0 Å². The van der Waals surface area contributed by atoms with Gasteiger partial charge in [0.15, 0.2) is 0 Å². The van der Waals surface area contributed by atoms with E-state index in [9.17, 15) is 9.59 Å². The van der Waals surface area contributed by atoms with Crippen LogP contribution in [-0.2, 0) is 4.79 Å². The molecule has 172 valence electrons. The van der Waals surface area contributed by atoms with Crippen molar-refractivity contribution in [3.8, 4) is 0 Å². The van der Waals surface area contributed by atoms with E-state index in [2.05, 4.69) is 25.1 Å². The summed E-state index contributed by atoms with van der Waals surface area (Å²) in [7, 11) is 3.54. The molecule has 0 saturated carbocycles. The lowest BCUT2D eigenvalue weighted by molar-refractivity contribution is -0.130. The Balaban J connectivity index is 1.49. The Morgan fingerprint density at radius 1 is 1.19 bits per heavy atom.